The normalized spacial score (nSPS) is 15.6. The molecule has 0 atom stereocenters. The predicted molar refractivity (Wildman–Crippen MR) is 96.8 cm³/mol. The van der Waals surface area contributed by atoms with Crippen LogP contribution in [0, 0.1) is 0 Å². The molecule has 27 heavy (non-hydrogen) atoms. The molecule has 4 aromatic rings. The van der Waals surface area contributed by atoms with Crippen molar-refractivity contribution in [2.45, 2.75) is 6.54 Å². The number of piperazine rings is 1. The molecule has 0 unspecified atom stereocenters. The van der Waals surface area contributed by atoms with Crippen LogP contribution < -0.4 is 10.6 Å². The number of hydrogen-bond acceptors (Lipinski definition) is 9. The van der Waals surface area contributed by atoms with Crippen LogP contribution in [-0.4, -0.2) is 65.6 Å². The van der Waals surface area contributed by atoms with Gasteiger partial charge in [-0.05, 0) is 12.1 Å². The summed E-state index contributed by atoms with van der Waals surface area (Å²) >= 11 is 0. The Balaban J connectivity index is 1.34. The second-order valence-electron chi connectivity index (χ2n) is 6.31. The Hall–Kier alpha value is -3.47. The molecule has 0 bridgehead atoms. The van der Waals surface area contributed by atoms with Crippen molar-refractivity contribution in [3.8, 4) is 11.6 Å². The highest BCUT2D eigenvalue weighted by molar-refractivity contribution is 5.53. The first-order valence-electron chi connectivity index (χ1n) is 8.66. The first-order chi connectivity index (χ1) is 13.3. The van der Waals surface area contributed by atoms with Crippen LogP contribution in [0.4, 0.5) is 11.9 Å². The number of hydrogen-bond donors (Lipinski definition) is 2. The van der Waals surface area contributed by atoms with E-state index < -0.39 is 0 Å². The minimum atomic E-state index is 0.248. The van der Waals surface area contributed by atoms with E-state index >= 15 is 0 Å². The fourth-order valence-electron chi connectivity index (χ4n) is 3.15. The molecule has 5 rings (SSSR count). The molecule has 1 saturated heterocycles. The lowest BCUT2D eigenvalue weighted by Gasteiger charge is -2.34. The lowest BCUT2D eigenvalue weighted by molar-refractivity contribution is 0.243. The number of nitrogen functional groups attached to an aromatic ring is 1. The van der Waals surface area contributed by atoms with E-state index in [1.165, 1.54) is 4.52 Å². The first-order valence-corrected chi connectivity index (χ1v) is 8.66. The van der Waals surface area contributed by atoms with E-state index in [0.717, 1.165) is 38.5 Å². The maximum atomic E-state index is 6.08. The Bertz CT molecular complexity index is 1030. The zero-order valence-electron chi connectivity index (χ0n) is 14.5. The minimum Gasteiger partial charge on any atom is -0.461 e. The number of anilines is 2. The summed E-state index contributed by atoms with van der Waals surface area (Å²) in [5.74, 6) is 3.19. The van der Waals surface area contributed by atoms with Gasteiger partial charge < -0.3 is 20.0 Å². The van der Waals surface area contributed by atoms with Gasteiger partial charge in [-0.15, -0.1) is 5.10 Å². The molecule has 5 heterocycles. The number of furan rings is 1. The molecule has 0 spiro atoms. The summed E-state index contributed by atoms with van der Waals surface area (Å²) in [6.45, 7) is 4.18. The van der Waals surface area contributed by atoms with E-state index in [2.05, 4.69) is 39.8 Å². The largest absolute Gasteiger partial charge is 0.461 e. The van der Waals surface area contributed by atoms with E-state index in [1.54, 1.807) is 24.6 Å². The molecule has 4 aromatic heterocycles. The van der Waals surface area contributed by atoms with E-state index in [0.29, 0.717) is 23.3 Å². The number of imidazole rings is 1. The summed E-state index contributed by atoms with van der Waals surface area (Å²) in [6, 6.07) is 3.57. The zero-order chi connectivity index (χ0) is 18.2. The highest BCUT2D eigenvalue weighted by Crippen LogP contribution is 2.19. The fourth-order valence-corrected chi connectivity index (χ4v) is 3.15. The van der Waals surface area contributed by atoms with Gasteiger partial charge in [-0.1, -0.05) is 0 Å². The van der Waals surface area contributed by atoms with Crippen molar-refractivity contribution in [1.82, 2.24) is 39.4 Å². The molecule has 11 heteroatoms. The van der Waals surface area contributed by atoms with Gasteiger partial charge in [0, 0.05) is 38.6 Å². The first kappa shape index (κ1) is 15.8. The summed E-state index contributed by atoms with van der Waals surface area (Å²) in [5, 5.41) is 4.32. The molecule has 1 aliphatic rings. The molecule has 0 radical (unpaired) electrons. The van der Waals surface area contributed by atoms with E-state index in [-0.39, 0.29) is 5.95 Å². The third kappa shape index (κ3) is 2.97. The van der Waals surface area contributed by atoms with Gasteiger partial charge >= 0.3 is 0 Å². The number of H-pyrrole nitrogens is 1. The second-order valence-corrected chi connectivity index (χ2v) is 6.31. The number of aromatic amines is 1. The fraction of sp³-hybridized carbons (Fsp3) is 0.312. The Morgan fingerprint density at radius 2 is 2.04 bits per heavy atom. The van der Waals surface area contributed by atoms with Gasteiger partial charge in [0.2, 0.25) is 17.7 Å². The zero-order valence-corrected chi connectivity index (χ0v) is 14.5. The van der Waals surface area contributed by atoms with Crippen LogP contribution in [0.2, 0.25) is 0 Å². The van der Waals surface area contributed by atoms with E-state index in [4.69, 9.17) is 10.2 Å². The van der Waals surface area contributed by atoms with Crippen molar-refractivity contribution in [3.63, 3.8) is 0 Å². The van der Waals surface area contributed by atoms with Gasteiger partial charge in [-0.3, -0.25) is 4.90 Å². The summed E-state index contributed by atoms with van der Waals surface area (Å²) in [7, 11) is 0. The Morgan fingerprint density at radius 3 is 2.78 bits per heavy atom. The average Bonchev–Trinajstić information content (AvgIpc) is 3.43. The van der Waals surface area contributed by atoms with Gasteiger partial charge in [0.05, 0.1) is 12.8 Å². The smallest absolute Gasteiger partial charge is 0.259 e. The summed E-state index contributed by atoms with van der Waals surface area (Å²) in [6.07, 6.45) is 5.18. The summed E-state index contributed by atoms with van der Waals surface area (Å²) in [5.41, 5.74) is 6.08. The minimum absolute atomic E-state index is 0.248. The van der Waals surface area contributed by atoms with Crippen molar-refractivity contribution >= 4 is 17.7 Å². The standard InChI is InChI=1S/C16H18N10O/c17-14-21-15(22-16-20-13(23-26(14)16)11-2-1-9-27-11)25-7-5-24(6-8-25)10-12-18-3-4-19-12/h1-4,9H,5-8,10H2,(H,18,19)(H2,17,20,21,22,23). The topological polar surface area (TPSA) is 130 Å². The lowest BCUT2D eigenvalue weighted by atomic mass is 10.3. The Kier molecular flexibility index (Phi) is 3.71. The molecule has 11 nitrogen and oxygen atoms in total. The van der Waals surface area contributed by atoms with Gasteiger partial charge in [0.1, 0.15) is 5.82 Å². The number of rotatable bonds is 4. The highest BCUT2D eigenvalue weighted by atomic mass is 16.3. The molecule has 0 aliphatic carbocycles. The third-order valence-electron chi connectivity index (χ3n) is 4.55. The molecule has 138 valence electrons. The van der Waals surface area contributed by atoms with Crippen molar-refractivity contribution < 1.29 is 4.42 Å². The summed E-state index contributed by atoms with van der Waals surface area (Å²) < 4.78 is 6.76. The molecular formula is C16H18N10O. The Morgan fingerprint density at radius 1 is 1.15 bits per heavy atom. The van der Waals surface area contributed by atoms with Crippen molar-refractivity contribution in [3.05, 3.63) is 36.6 Å². The molecule has 0 amide bonds. The van der Waals surface area contributed by atoms with Gasteiger partial charge in [-0.2, -0.15) is 19.5 Å². The van der Waals surface area contributed by atoms with Crippen LogP contribution in [0.1, 0.15) is 5.82 Å². The van der Waals surface area contributed by atoms with Crippen molar-refractivity contribution in [2.75, 3.05) is 36.8 Å². The van der Waals surface area contributed by atoms with E-state index in [9.17, 15) is 0 Å². The van der Waals surface area contributed by atoms with Crippen molar-refractivity contribution in [1.29, 1.82) is 0 Å². The molecule has 1 aliphatic heterocycles. The third-order valence-corrected chi connectivity index (χ3v) is 4.55. The lowest BCUT2D eigenvalue weighted by Crippen LogP contribution is -2.46. The predicted octanol–water partition coefficient (Wildman–Crippen LogP) is 0.407. The number of fused-ring (bicyclic) bond motifs is 1. The second kappa shape index (κ2) is 6.36. The Labute approximate surface area is 153 Å². The number of nitrogens with zero attached hydrogens (tertiary/aromatic N) is 8. The van der Waals surface area contributed by atoms with Gasteiger partial charge in [0.25, 0.3) is 5.78 Å². The monoisotopic (exact) mass is 366 g/mol. The maximum absolute atomic E-state index is 6.08. The molecular weight excluding hydrogens is 348 g/mol. The molecule has 1 fully saturated rings. The van der Waals surface area contributed by atoms with Gasteiger partial charge in [-0.25, -0.2) is 4.98 Å². The number of nitrogens with two attached hydrogens (primary N) is 1. The van der Waals surface area contributed by atoms with Crippen LogP contribution in [0.15, 0.2) is 35.2 Å². The van der Waals surface area contributed by atoms with Crippen molar-refractivity contribution in [2.24, 2.45) is 0 Å². The van der Waals surface area contributed by atoms with Gasteiger partial charge in [0.15, 0.2) is 5.76 Å². The molecule has 3 N–H and O–H groups in total. The maximum Gasteiger partial charge on any atom is 0.259 e. The van der Waals surface area contributed by atoms with Crippen LogP contribution in [0.3, 0.4) is 0 Å². The quantitative estimate of drug-likeness (QED) is 0.527. The number of nitrogens with one attached hydrogen (secondary N) is 1. The average molecular weight is 366 g/mol. The molecule has 0 aromatic carbocycles. The molecule has 0 saturated carbocycles. The van der Waals surface area contributed by atoms with Crippen LogP contribution in [-0.2, 0) is 6.54 Å². The van der Waals surface area contributed by atoms with Crippen LogP contribution >= 0.6 is 0 Å². The van der Waals surface area contributed by atoms with Crippen LogP contribution in [0.5, 0.6) is 0 Å². The van der Waals surface area contributed by atoms with Crippen LogP contribution in [0.25, 0.3) is 17.4 Å². The van der Waals surface area contributed by atoms with E-state index in [1.807, 2.05) is 6.20 Å². The summed E-state index contributed by atoms with van der Waals surface area (Å²) in [4.78, 5) is 25.2. The highest BCUT2D eigenvalue weighted by Gasteiger charge is 2.22. The SMILES string of the molecule is Nc1nc(N2CCN(Cc3ncc[nH]3)CC2)nc2nc(-c3ccco3)nn12. The number of aromatic nitrogens is 7.